The van der Waals surface area contributed by atoms with E-state index >= 15 is 0 Å². The van der Waals surface area contributed by atoms with Gasteiger partial charge in [0, 0.05) is 12.6 Å². The lowest BCUT2D eigenvalue weighted by Crippen LogP contribution is -2.41. The third-order valence-electron chi connectivity index (χ3n) is 2.28. The molecule has 1 unspecified atom stereocenters. The summed E-state index contributed by atoms with van der Waals surface area (Å²) in [5, 5.41) is 2.99. The van der Waals surface area contributed by atoms with Crippen LogP contribution in [0.5, 0.6) is 11.5 Å². The first-order valence-electron chi connectivity index (χ1n) is 5.09. The summed E-state index contributed by atoms with van der Waals surface area (Å²) in [5.41, 5.74) is 11.3. The van der Waals surface area contributed by atoms with Gasteiger partial charge in [-0.3, -0.25) is 4.79 Å². The Bertz CT molecular complexity index is 396. The molecule has 17 heavy (non-hydrogen) atoms. The molecule has 0 heterocycles. The Balaban J connectivity index is 2.77. The van der Waals surface area contributed by atoms with Crippen LogP contribution in [0.1, 0.15) is 0 Å². The van der Waals surface area contributed by atoms with E-state index in [1.165, 1.54) is 0 Å². The highest BCUT2D eigenvalue weighted by Crippen LogP contribution is 2.28. The van der Waals surface area contributed by atoms with Gasteiger partial charge in [0.25, 0.3) is 0 Å². The predicted molar refractivity (Wildman–Crippen MR) is 65.2 cm³/mol. The van der Waals surface area contributed by atoms with E-state index in [1.54, 1.807) is 32.4 Å². The van der Waals surface area contributed by atoms with Crippen molar-refractivity contribution in [1.82, 2.24) is 0 Å². The van der Waals surface area contributed by atoms with Gasteiger partial charge in [-0.05, 0) is 12.1 Å². The van der Waals surface area contributed by atoms with Crippen LogP contribution in [-0.4, -0.2) is 32.7 Å². The zero-order valence-electron chi connectivity index (χ0n) is 9.90. The molecule has 1 aromatic rings. The molecule has 1 amide bonds. The molecule has 94 valence electrons. The van der Waals surface area contributed by atoms with Crippen molar-refractivity contribution < 1.29 is 14.3 Å². The minimum absolute atomic E-state index is 0.235. The normalized spacial score (nSPS) is 11.7. The van der Waals surface area contributed by atoms with Crippen LogP contribution in [0.15, 0.2) is 18.2 Å². The van der Waals surface area contributed by atoms with E-state index in [0.29, 0.717) is 17.2 Å². The van der Waals surface area contributed by atoms with Gasteiger partial charge in [0.05, 0.1) is 19.9 Å². The summed E-state index contributed by atoms with van der Waals surface area (Å²) >= 11 is 0. The molecule has 6 nitrogen and oxygen atoms in total. The maximum absolute atomic E-state index is 10.8. The first-order chi connectivity index (χ1) is 8.08. The summed E-state index contributed by atoms with van der Waals surface area (Å²) in [6, 6.07) is 4.55. The van der Waals surface area contributed by atoms with Crippen LogP contribution in [0.2, 0.25) is 0 Å². The molecule has 1 aromatic carbocycles. The van der Waals surface area contributed by atoms with Crippen molar-refractivity contribution in [3.05, 3.63) is 18.2 Å². The highest BCUT2D eigenvalue weighted by atomic mass is 16.5. The quantitative estimate of drug-likeness (QED) is 0.645. The number of amides is 1. The van der Waals surface area contributed by atoms with Crippen LogP contribution in [-0.2, 0) is 4.79 Å². The fourth-order valence-electron chi connectivity index (χ4n) is 1.27. The SMILES string of the molecule is COc1ccc(OC)c(NCC(N)C(N)=O)c1. The number of anilines is 1. The lowest BCUT2D eigenvalue weighted by Gasteiger charge is -2.14. The summed E-state index contributed by atoms with van der Waals surface area (Å²) in [7, 11) is 3.13. The van der Waals surface area contributed by atoms with Gasteiger partial charge in [0.1, 0.15) is 17.5 Å². The molecule has 1 atom stereocenters. The number of ether oxygens (including phenoxy) is 2. The number of rotatable bonds is 6. The van der Waals surface area contributed by atoms with Gasteiger partial charge in [-0.25, -0.2) is 0 Å². The smallest absolute Gasteiger partial charge is 0.236 e. The highest BCUT2D eigenvalue weighted by Gasteiger charge is 2.10. The molecular weight excluding hydrogens is 222 g/mol. The molecule has 0 aliphatic carbocycles. The van der Waals surface area contributed by atoms with Crippen molar-refractivity contribution >= 4 is 11.6 Å². The Kier molecular flexibility index (Phi) is 4.59. The van der Waals surface area contributed by atoms with E-state index in [2.05, 4.69) is 5.32 Å². The first-order valence-corrected chi connectivity index (χ1v) is 5.09. The fraction of sp³-hybridized carbons (Fsp3) is 0.364. The standard InChI is InChI=1S/C11H17N3O3/c1-16-7-3-4-10(17-2)9(5-7)14-6-8(12)11(13)15/h3-5,8,14H,6,12H2,1-2H3,(H2,13,15). The van der Waals surface area contributed by atoms with E-state index in [0.717, 1.165) is 0 Å². The summed E-state index contributed by atoms with van der Waals surface area (Å²) in [5.74, 6) is 0.766. The second-order valence-corrected chi connectivity index (χ2v) is 3.46. The summed E-state index contributed by atoms with van der Waals surface area (Å²) in [6.45, 7) is 0.235. The Hall–Kier alpha value is -1.95. The van der Waals surface area contributed by atoms with Crippen molar-refractivity contribution in [2.75, 3.05) is 26.1 Å². The average Bonchev–Trinajstić information content (AvgIpc) is 2.35. The fourth-order valence-corrected chi connectivity index (χ4v) is 1.27. The Morgan fingerprint density at radius 1 is 1.41 bits per heavy atom. The van der Waals surface area contributed by atoms with E-state index in [-0.39, 0.29) is 6.54 Å². The molecule has 6 heteroatoms. The van der Waals surface area contributed by atoms with Crippen LogP contribution in [0.3, 0.4) is 0 Å². The Morgan fingerprint density at radius 2 is 2.12 bits per heavy atom. The largest absolute Gasteiger partial charge is 0.497 e. The third-order valence-corrected chi connectivity index (χ3v) is 2.28. The minimum Gasteiger partial charge on any atom is -0.497 e. The zero-order valence-corrected chi connectivity index (χ0v) is 9.90. The maximum Gasteiger partial charge on any atom is 0.236 e. The minimum atomic E-state index is -0.745. The van der Waals surface area contributed by atoms with Crippen LogP contribution in [0.4, 0.5) is 5.69 Å². The molecule has 5 N–H and O–H groups in total. The maximum atomic E-state index is 10.8. The first kappa shape index (κ1) is 13.1. The number of carbonyl (C=O) groups excluding carboxylic acids is 1. The van der Waals surface area contributed by atoms with Crippen molar-refractivity contribution in [1.29, 1.82) is 0 Å². The predicted octanol–water partition coefficient (Wildman–Crippen LogP) is -0.0717. The summed E-state index contributed by atoms with van der Waals surface area (Å²) in [4.78, 5) is 10.8. The van der Waals surface area contributed by atoms with E-state index in [1.807, 2.05) is 0 Å². The molecule has 0 aromatic heterocycles. The van der Waals surface area contributed by atoms with Crippen molar-refractivity contribution in [2.24, 2.45) is 11.5 Å². The summed E-state index contributed by atoms with van der Waals surface area (Å²) in [6.07, 6.45) is 0. The molecule has 0 aliphatic rings. The van der Waals surface area contributed by atoms with Crippen LogP contribution < -0.4 is 26.3 Å². The van der Waals surface area contributed by atoms with Gasteiger partial charge in [0.15, 0.2) is 0 Å². The van der Waals surface area contributed by atoms with Gasteiger partial charge in [-0.1, -0.05) is 0 Å². The molecule has 0 aliphatic heterocycles. The number of nitrogens with two attached hydrogens (primary N) is 2. The number of methoxy groups -OCH3 is 2. The lowest BCUT2D eigenvalue weighted by atomic mass is 10.2. The molecule has 0 bridgehead atoms. The number of carbonyl (C=O) groups is 1. The number of hydrogen-bond donors (Lipinski definition) is 3. The Morgan fingerprint density at radius 3 is 2.65 bits per heavy atom. The van der Waals surface area contributed by atoms with Crippen LogP contribution in [0, 0.1) is 0 Å². The van der Waals surface area contributed by atoms with Crippen LogP contribution in [0.25, 0.3) is 0 Å². The van der Waals surface area contributed by atoms with Crippen molar-refractivity contribution in [3.8, 4) is 11.5 Å². The number of primary amides is 1. The monoisotopic (exact) mass is 239 g/mol. The highest BCUT2D eigenvalue weighted by molar-refractivity contribution is 5.80. The van der Waals surface area contributed by atoms with Crippen LogP contribution >= 0.6 is 0 Å². The van der Waals surface area contributed by atoms with Crippen molar-refractivity contribution in [3.63, 3.8) is 0 Å². The number of hydrogen-bond acceptors (Lipinski definition) is 5. The molecule has 0 saturated heterocycles. The molecule has 0 fully saturated rings. The molecule has 1 rings (SSSR count). The zero-order chi connectivity index (χ0) is 12.8. The van der Waals surface area contributed by atoms with E-state index in [4.69, 9.17) is 20.9 Å². The van der Waals surface area contributed by atoms with Gasteiger partial charge < -0.3 is 26.3 Å². The van der Waals surface area contributed by atoms with Gasteiger partial charge in [0.2, 0.25) is 5.91 Å². The van der Waals surface area contributed by atoms with Crippen molar-refractivity contribution in [2.45, 2.75) is 6.04 Å². The third kappa shape index (κ3) is 3.53. The Labute approximate surface area is 99.9 Å². The average molecular weight is 239 g/mol. The number of nitrogens with one attached hydrogen (secondary N) is 1. The second kappa shape index (κ2) is 5.95. The topological polar surface area (TPSA) is 99.6 Å². The van der Waals surface area contributed by atoms with Gasteiger partial charge >= 0.3 is 0 Å². The molecular formula is C11H17N3O3. The van der Waals surface area contributed by atoms with E-state index < -0.39 is 11.9 Å². The lowest BCUT2D eigenvalue weighted by molar-refractivity contribution is -0.118. The van der Waals surface area contributed by atoms with Gasteiger partial charge in [-0.15, -0.1) is 0 Å². The van der Waals surface area contributed by atoms with Gasteiger partial charge in [-0.2, -0.15) is 0 Å². The number of benzene rings is 1. The molecule has 0 saturated carbocycles. The molecule has 0 radical (unpaired) electrons. The molecule has 0 spiro atoms. The second-order valence-electron chi connectivity index (χ2n) is 3.46. The van der Waals surface area contributed by atoms with E-state index in [9.17, 15) is 4.79 Å². The summed E-state index contributed by atoms with van der Waals surface area (Å²) < 4.78 is 10.3.